The lowest BCUT2D eigenvalue weighted by molar-refractivity contribution is 0.0951. The van der Waals surface area contributed by atoms with E-state index in [1.807, 2.05) is 42.5 Å². The van der Waals surface area contributed by atoms with Gasteiger partial charge in [0.05, 0.1) is 10.6 Å². The SMILES string of the molecule is O=C(NCCN1CCN(c2ccccc2F)CC1)c1cc2c(s1)-c1ccccc1OC2. The Morgan fingerprint density at radius 1 is 1.06 bits per heavy atom. The van der Waals surface area contributed by atoms with E-state index in [1.165, 1.54) is 17.4 Å². The number of hydrogen-bond acceptors (Lipinski definition) is 5. The molecule has 0 unspecified atom stereocenters. The first-order valence-electron chi connectivity index (χ1n) is 10.5. The summed E-state index contributed by atoms with van der Waals surface area (Å²) in [6, 6.07) is 16.8. The Kier molecular flexibility index (Phi) is 5.61. The molecule has 7 heteroatoms. The van der Waals surface area contributed by atoms with E-state index in [4.69, 9.17) is 4.74 Å². The maximum Gasteiger partial charge on any atom is 0.261 e. The van der Waals surface area contributed by atoms with Crippen LogP contribution in [0.5, 0.6) is 5.75 Å². The first-order valence-corrected chi connectivity index (χ1v) is 11.4. The van der Waals surface area contributed by atoms with Gasteiger partial charge in [-0.3, -0.25) is 9.69 Å². The fraction of sp³-hybridized carbons (Fsp3) is 0.292. The van der Waals surface area contributed by atoms with Gasteiger partial charge in [0.15, 0.2) is 0 Å². The van der Waals surface area contributed by atoms with Crippen LogP contribution in [-0.2, 0) is 6.61 Å². The van der Waals surface area contributed by atoms with Gasteiger partial charge in [0.25, 0.3) is 5.91 Å². The summed E-state index contributed by atoms with van der Waals surface area (Å²) < 4.78 is 19.8. The van der Waals surface area contributed by atoms with Crippen molar-refractivity contribution in [2.75, 3.05) is 44.2 Å². The summed E-state index contributed by atoms with van der Waals surface area (Å²) in [5.41, 5.74) is 2.79. The van der Waals surface area contributed by atoms with Crippen LogP contribution in [0.4, 0.5) is 10.1 Å². The first kappa shape index (κ1) is 20.0. The van der Waals surface area contributed by atoms with Gasteiger partial charge in [-0.15, -0.1) is 11.3 Å². The van der Waals surface area contributed by atoms with Crippen molar-refractivity contribution >= 4 is 22.9 Å². The molecule has 1 fully saturated rings. The van der Waals surface area contributed by atoms with Crippen molar-refractivity contribution < 1.29 is 13.9 Å². The number of benzene rings is 2. The molecule has 1 aromatic heterocycles. The quantitative estimate of drug-likeness (QED) is 0.656. The Labute approximate surface area is 185 Å². The molecule has 2 aliphatic rings. The Morgan fingerprint density at radius 2 is 1.84 bits per heavy atom. The molecular formula is C24H24FN3O2S. The van der Waals surface area contributed by atoms with Crippen LogP contribution >= 0.6 is 11.3 Å². The molecule has 0 radical (unpaired) electrons. The number of para-hydroxylation sites is 2. The number of piperazine rings is 1. The smallest absolute Gasteiger partial charge is 0.261 e. The van der Waals surface area contributed by atoms with E-state index in [-0.39, 0.29) is 11.7 Å². The molecule has 1 amide bonds. The molecule has 2 aliphatic heterocycles. The van der Waals surface area contributed by atoms with Gasteiger partial charge in [-0.05, 0) is 30.3 Å². The summed E-state index contributed by atoms with van der Waals surface area (Å²) in [6.07, 6.45) is 0. The third kappa shape index (κ3) is 4.16. The van der Waals surface area contributed by atoms with Crippen LogP contribution in [0.1, 0.15) is 15.2 Å². The highest BCUT2D eigenvalue weighted by atomic mass is 32.1. The standard InChI is InChI=1S/C24H24FN3O2S/c25-19-6-2-3-7-20(19)28-13-11-27(12-14-28)10-9-26-24(29)22-15-17-16-30-21-8-4-1-5-18(21)23(17)31-22/h1-8,15H,9-14,16H2,(H,26,29). The molecule has 0 atom stereocenters. The molecule has 1 N–H and O–H groups in total. The molecule has 160 valence electrons. The fourth-order valence-electron chi connectivity index (χ4n) is 4.15. The zero-order valence-electron chi connectivity index (χ0n) is 17.1. The number of nitrogens with one attached hydrogen (secondary N) is 1. The highest BCUT2D eigenvalue weighted by Gasteiger charge is 2.23. The lowest BCUT2D eigenvalue weighted by atomic mass is 10.1. The Hall–Kier alpha value is -2.90. The van der Waals surface area contributed by atoms with Crippen molar-refractivity contribution in [3.8, 4) is 16.2 Å². The molecule has 5 nitrogen and oxygen atoms in total. The van der Waals surface area contributed by atoms with E-state index >= 15 is 0 Å². The van der Waals surface area contributed by atoms with Crippen LogP contribution in [0.3, 0.4) is 0 Å². The molecule has 0 spiro atoms. The van der Waals surface area contributed by atoms with E-state index in [2.05, 4.69) is 15.1 Å². The highest BCUT2D eigenvalue weighted by molar-refractivity contribution is 7.17. The number of amides is 1. The van der Waals surface area contributed by atoms with Crippen molar-refractivity contribution in [1.82, 2.24) is 10.2 Å². The molecule has 3 heterocycles. The number of nitrogens with zero attached hydrogens (tertiary/aromatic N) is 2. The van der Waals surface area contributed by atoms with Crippen molar-refractivity contribution in [3.05, 3.63) is 70.9 Å². The van der Waals surface area contributed by atoms with Crippen molar-refractivity contribution in [2.45, 2.75) is 6.61 Å². The van der Waals surface area contributed by atoms with E-state index in [1.54, 1.807) is 6.07 Å². The minimum Gasteiger partial charge on any atom is -0.488 e. The van der Waals surface area contributed by atoms with Crippen LogP contribution in [0.25, 0.3) is 10.4 Å². The van der Waals surface area contributed by atoms with Crippen LogP contribution in [0.2, 0.25) is 0 Å². The van der Waals surface area contributed by atoms with Gasteiger partial charge in [0, 0.05) is 55.3 Å². The van der Waals surface area contributed by atoms with Crippen molar-refractivity contribution in [3.63, 3.8) is 0 Å². The molecule has 0 aliphatic carbocycles. The van der Waals surface area contributed by atoms with Gasteiger partial charge < -0.3 is 15.0 Å². The van der Waals surface area contributed by atoms with Crippen molar-refractivity contribution in [1.29, 1.82) is 0 Å². The maximum atomic E-state index is 14.0. The highest BCUT2D eigenvalue weighted by Crippen LogP contribution is 2.42. The Morgan fingerprint density at radius 3 is 2.68 bits per heavy atom. The number of carbonyl (C=O) groups is 1. The van der Waals surface area contributed by atoms with Gasteiger partial charge >= 0.3 is 0 Å². The fourth-order valence-corrected chi connectivity index (χ4v) is 5.26. The van der Waals surface area contributed by atoms with Gasteiger partial charge in [-0.1, -0.05) is 24.3 Å². The summed E-state index contributed by atoms with van der Waals surface area (Å²) in [7, 11) is 0. The van der Waals surface area contributed by atoms with Gasteiger partial charge in [0.2, 0.25) is 0 Å². The van der Waals surface area contributed by atoms with Crippen molar-refractivity contribution in [2.24, 2.45) is 0 Å². The van der Waals surface area contributed by atoms with Crippen LogP contribution in [0.15, 0.2) is 54.6 Å². The lowest BCUT2D eigenvalue weighted by Crippen LogP contribution is -2.48. The van der Waals surface area contributed by atoms with Crippen LogP contribution < -0.4 is 15.0 Å². The zero-order valence-corrected chi connectivity index (χ0v) is 18.0. The second-order valence-corrected chi connectivity index (χ2v) is 8.84. The number of anilines is 1. The average Bonchev–Trinajstić information content (AvgIpc) is 3.25. The molecule has 3 aromatic rings. The molecule has 31 heavy (non-hydrogen) atoms. The summed E-state index contributed by atoms with van der Waals surface area (Å²) in [6.45, 7) is 5.15. The normalized spacial score (nSPS) is 15.7. The monoisotopic (exact) mass is 437 g/mol. The molecule has 1 saturated heterocycles. The number of fused-ring (bicyclic) bond motifs is 3. The van der Waals surface area contributed by atoms with Gasteiger partial charge in [-0.25, -0.2) is 4.39 Å². The van der Waals surface area contributed by atoms with Crippen LogP contribution in [0, 0.1) is 5.82 Å². The second-order valence-electron chi connectivity index (χ2n) is 7.79. The number of thiophene rings is 1. The third-order valence-corrected chi connectivity index (χ3v) is 7.04. The molecule has 0 saturated carbocycles. The summed E-state index contributed by atoms with van der Waals surface area (Å²) >= 11 is 1.52. The predicted molar refractivity (Wildman–Crippen MR) is 121 cm³/mol. The number of hydrogen-bond donors (Lipinski definition) is 1. The number of carbonyl (C=O) groups excluding carboxylic acids is 1. The topological polar surface area (TPSA) is 44.8 Å². The minimum absolute atomic E-state index is 0.0399. The maximum absolute atomic E-state index is 14.0. The zero-order chi connectivity index (χ0) is 21.2. The minimum atomic E-state index is -0.171. The van der Waals surface area contributed by atoms with Crippen LogP contribution in [-0.4, -0.2) is 50.1 Å². The van der Waals surface area contributed by atoms with Gasteiger partial charge in [-0.2, -0.15) is 0 Å². The molecule has 5 rings (SSSR count). The third-order valence-electron chi connectivity index (χ3n) is 5.83. The second kappa shape index (κ2) is 8.69. The largest absolute Gasteiger partial charge is 0.488 e. The van der Waals surface area contributed by atoms with E-state index in [0.717, 1.165) is 59.4 Å². The summed E-state index contributed by atoms with van der Waals surface area (Å²) in [5, 5.41) is 3.05. The van der Waals surface area contributed by atoms with Gasteiger partial charge in [0.1, 0.15) is 18.2 Å². The lowest BCUT2D eigenvalue weighted by Gasteiger charge is -2.36. The Bertz CT molecular complexity index is 1090. The molecule has 0 bridgehead atoms. The number of ether oxygens (including phenoxy) is 1. The summed E-state index contributed by atoms with van der Waals surface area (Å²) in [5.74, 6) is 0.662. The van der Waals surface area contributed by atoms with E-state index in [0.29, 0.717) is 18.8 Å². The van der Waals surface area contributed by atoms with E-state index in [9.17, 15) is 9.18 Å². The first-order chi connectivity index (χ1) is 15.2. The average molecular weight is 438 g/mol. The number of halogens is 1. The Balaban J connectivity index is 1.13. The molecular weight excluding hydrogens is 413 g/mol. The number of rotatable bonds is 5. The van der Waals surface area contributed by atoms with E-state index < -0.39 is 0 Å². The predicted octanol–water partition coefficient (Wildman–Crippen LogP) is 4.00. The molecule has 2 aromatic carbocycles. The summed E-state index contributed by atoms with van der Waals surface area (Å²) in [4.78, 5) is 18.9.